The van der Waals surface area contributed by atoms with Gasteiger partial charge in [-0.1, -0.05) is 103 Å². The van der Waals surface area contributed by atoms with Gasteiger partial charge in [-0.2, -0.15) is 0 Å². The van der Waals surface area contributed by atoms with Crippen LogP contribution in [0.15, 0.2) is 127 Å². The molecule has 242 valence electrons. The Morgan fingerprint density at radius 3 is 1.43 bits per heavy atom. The van der Waals surface area contributed by atoms with Crippen molar-refractivity contribution in [1.82, 2.24) is 0 Å². The van der Waals surface area contributed by atoms with Gasteiger partial charge in [0.2, 0.25) is 11.8 Å². The van der Waals surface area contributed by atoms with E-state index in [9.17, 15) is 0 Å². The molecule has 6 nitrogen and oxygen atoms in total. The predicted octanol–water partition coefficient (Wildman–Crippen LogP) is 7.85. The van der Waals surface area contributed by atoms with Gasteiger partial charge in [0.25, 0.3) is 0 Å². The van der Waals surface area contributed by atoms with E-state index in [1.807, 2.05) is 116 Å². The van der Waals surface area contributed by atoms with Gasteiger partial charge in [-0.25, -0.2) is 4.90 Å². The Kier molecular flexibility index (Phi) is 7.12. The summed E-state index contributed by atoms with van der Waals surface area (Å²) < 4.78 is 11.0. The summed E-state index contributed by atoms with van der Waals surface area (Å²) in [7, 11) is 3.21. The highest BCUT2D eigenvalue weighted by Crippen LogP contribution is 2.74. The number of carbonyl (C=O) groups excluding carboxylic acids is 3. The summed E-state index contributed by atoms with van der Waals surface area (Å²) in [5.41, 5.74) is 2.37. The molecule has 4 atom stereocenters. The van der Waals surface area contributed by atoms with E-state index in [-0.39, 0.29) is 5.78 Å². The molecule has 5 aromatic rings. The molecule has 0 aromatic heterocycles. The fourth-order valence-electron chi connectivity index (χ4n) is 8.70. The van der Waals surface area contributed by atoms with E-state index >= 15 is 14.4 Å². The molecule has 0 unspecified atom stereocenters. The van der Waals surface area contributed by atoms with E-state index in [2.05, 4.69) is 0 Å². The lowest BCUT2D eigenvalue weighted by atomic mass is 9.59. The minimum atomic E-state index is -1.51. The lowest BCUT2D eigenvalue weighted by Crippen LogP contribution is -2.45. The maximum Gasteiger partial charge on any atom is 0.239 e. The van der Waals surface area contributed by atoms with Crippen LogP contribution in [0.2, 0.25) is 5.02 Å². The fraction of sp³-hybridized carbons (Fsp3) is 0.167. The van der Waals surface area contributed by atoms with E-state index in [0.717, 1.165) is 16.7 Å². The summed E-state index contributed by atoms with van der Waals surface area (Å²) in [6.45, 7) is 1.85. The zero-order chi connectivity index (χ0) is 34.1. The Hall–Kier alpha value is -5.46. The van der Waals surface area contributed by atoms with Gasteiger partial charge in [0.05, 0.1) is 42.6 Å². The van der Waals surface area contributed by atoms with E-state index in [4.69, 9.17) is 21.1 Å². The minimum absolute atomic E-state index is 0.187. The maximum absolute atomic E-state index is 16.1. The fourth-order valence-corrected chi connectivity index (χ4v) is 8.87. The molecule has 3 aliphatic rings. The molecule has 49 heavy (non-hydrogen) atoms. The van der Waals surface area contributed by atoms with Crippen molar-refractivity contribution in [2.75, 3.05) is 19.1 Å². The highest BCUT2D eigenvalue weighted by molar-refractivity contribution is 6.39. The Balaban J connectivity index is 1.55. The number of imide groups is 1. The summed E-state index contributed by atoms with van der Waals surface area (Å²) in [5.74, 6) is -1.79. The Bertz CT molecular complexity index is 2050. The third kappa shape index (κ3) is 4.04. The van der Waals surface area contributed by atoms with Crippen molar-refractivity contribution >= 4 is 46.0 Å². The zero-order valence-electron chi connectivity index (χ0n) is 27.1. The monoisotopic (exact) mass is 665 g/mol. The highest BCUT2D eigenvalue weighted by atomic mass is 35.5. The first-order valence-electron chi connectivity index (χ1n) is 16.1. The van der Waals surface area contributed by atoms with Crippen LogP contribution in [0.1, 0.15) is 27.8 Å². The molecule has 1 saturated carbocycles. The molecule has 5 aromatic carbocycles. The van der Waals surface area contributed by atoms with Crippen LogP contribution < -0.4 is 14.4 Å². The number of benzene rings is 5. The normalized spacial score (nSPS) is 24.1. The number of ether oxygens (including phenoxy) is 2. The van der Waals surface area contributed by atoms with E-state index in [1.54, 1.807) is 32.4 Å². The van der Waals surface area contributed by atoms with Crippen molar-refractivity contribution in [3.8, 4) is 11.5 Å². The number of Topliss-reactive ketones (excluding diaryl/α,β-unsaturated/α-hetero) is 1. The molecule has 8 rings (SSSR count). The molecule has 7 heteroatoms. The molecule has 2 fully saturated rings. The van der Waals surface area contributed by atoms with Gasteiger partial charge in [-0.3, -0.25) is 14.4 Å². The van der Waals surface area contributed by atoms with Gasteiger partial charge in [0.15, 0.2) is 5.78 Å². The second-order valence-corrected chi connectivity index (χ2v) is 13.2. The van der Waals surface area contributed by atoms with Gasteiger partial charge in [-0.05, 0) is 82.3 Å². The van der Waals surface area contributed by atoms with Gasteiger partial charge >= 0.3 is 0 Å². The van der Waals surface area contributed by atoms with Gasteiger partial charge in [0.1, 0.15) is 11.5 Å². The van der Waals surface area contributed by atoms with Crippen LogP contribution in [0, 0.1) is 18.8 Å². The minimum Gasteiger partial charge on any atom is -0.497 e. The molecule has 2 bridgehead atoms. The van der Waals surface area contributed by atoms with E-state index in [0.29, 0.717) is 44.5 Å². The number of aryl methyl sites for hydroxylation is 1. The number of fused-ring (bicyclic) bond motifs is 5. The van der Waals surface area contributed by atoms with Crippen LogP contribution in [-0.2, 0) is 25.2 Å². The van der Waals surface area contributed by atoms with Crippen LogP contribution in [-0.4, -0.2) is 31.8 Å². The van der Waals surface area contributed by atoms with Gasteiger partial charge < -0.3 is 9.47 Å². The first-order chi connectivity index (χ1) is 23.8. The van der Waals surface area contributed by atoms with Gasteiger partial charge in [0, 0.05) is 5.02 Å². The summed E-state index contributed by atoms with van der Waals surface area (Å²) in [5, 5.41) is 0.406. The maximum atomic E-state index is 16.1. The molecule has 0 spiro atoms. The second kappa shape index (κ2) is 11.3. The second-order valence-electron chi connectivity index (χ2n) is 12.8. The lowest BCUT2D eigenvalue weighted by Gasteiger charge is -2.39. The number of hydrogen-bond donors (Lipinski definition) is 0. The molecule has 0 N–H and O–H groups in total. The third-order valence-electron chi connectivity index (χ3n) is 10.6. The summed E-state index contributed by atoms with van der Waals surface area (Å²) in [6, 6.07) is 39.3. The van der Waals surface area contributed by atoms with Crippen molar-refractivity contribution in [2.24, 2.45) is 11.8 Å². The smallest absolute Gasteiger partial charge is 0.239 e. The van der Waals surface area contributed by atoms with Crippen LogP contribution >= 0.6 is 11.6 Å². The zero-order valence-corrected chi connectivity index (χ0v) is 27.9. The molecule has 1 heterocycles. The molecule has 1 aliphatic heterocycles. The highest BCUT2D eigenvalue weighted by Gasteiger charge is 2.82. The molecule has 2 aliphatic carbocycles. The van der Waals surface area contributed by atoms with Crippen LogP contribution in [0.5, 0.6) is 11.5 Å². The largest absolute Gasteiger partial charge is 0.497 e. The average Bonchev–Trinajstić information content (AvgIpc) is 3.65. The number of anilines is 1. The van der Waals surface area contributed by atoms with Crippen LogP contribution in [0.25, 0.3) is 11.1 Å². The molecule has 1 saturated heterocycles. The van der Waals surface area contributed by atoms with Crippen LogP contribution in [0.4, 0.5) is 5.69 Å². The van der Waals surface area contributed by atoms with Crippen molar-refractivity contribution in [3.05, 3.63) is 160 Å². The number of nitrogens with zero attached hydrogens (tertiary/aromatic N) is 1. The average molecular weight is 666 g/mol. The molecular formula is C42H32ClNO5. The Morgan fingerprint density at radius 1 is 0.592 bits per heavy atom. The number of hydrogen-bond acceptors (Lipinski definition) is 5. The molecular weight excluding hydrogens is 634 g/mol. The SMILES string of the molecule is COc1ccc(C2=C(c3ccc(OC)cc3)[C@]3(c4ccccc4)C(=O)[C@]2(c2ccccc2)[C@H]2C(=O)N(c4cc(Cl)ccc4C)C(=O)[C@@H]23)cc1. The number of carbonyl (C=O) groups is 3. The number of rotatable bonds is 7. The number of allylic oxidation sites excluding steroid dienone is 2. The quantitative estimate of drug-likeness (QED) is 0.166. The van der Waals surface area contributed by atoms with Crippen LogP contribution in [0.3, 0.4) is 0 Å². The van der Waals surface area contributed by atoms with Crippen molar-refractivity contribution < 1.29 is 23.9 Å². The standard InChI is InChI=1S/C42H32ClNO5/c1-25-14-19-30(43)24-33(25)44-38(45)36-37(39(44)46)42(29-12-8-5-9-13-29)35(27-17-22-32(49-3)23-18-27)34(26-15-20-31(48-2)21-16-26)41(36,40(42)47)28-10-6-4-7-11-28/h4-24,36-37H,1-3H3/t36-,37-,41+,42+/m1/s1. The lowest BCUT2D eigenvalue weighted by molar-refractivity contribution is -0.130. The molecule has 2 amide bonds. The van der Waals surface area contributed by atoms with E-state index in [1.165, 1.54) is 4.90 Å². The summed E-state index contributed by atoms with van der Waals surface area (Å²) >= 11 is 6.47. The topological polar surface area (TPSA) is 72.9 Å². The number of amides is 2. The van der Waals surface area contributed by atoms with Gasteiger partial charge in [-0.15, -0.1) is 0 Å². The van der Waals surface area contributed by atoms with Crippen molar-refractivity contribution in [3.63, 3.8) is 0 Å². The number of ketones is 1. The molecule has 0 radical (unpaired) electrons. The summed E-state index contributed by atoms with van der Waals surface area (Å²) in [4.78, 5) is 47.7. The number of methoxy groups -OCH3 is 2. The number of halogens is 1. The first kappa shape index (κ1) is 30.8. The predicted molar refractivity (Wildman–Crippen MR) is 190 cm³/mol. The Labute approximate surface area is 289 Å². The van der Waals surface area contributed by atoms with E-state index < -0.39 is 34.5 Å². The summed E-state index contributed by atoms with van der Waals surface area (Å²) in [6.07, 6.45) is 0. The van der Waals surface area contributed by atoms with Crippen molar-refractivity contribution in [2.45, 2.75) is 17.8 Å². The third-order valence-corrected chi connectivity index (χ3v) is 10.9. The first-order valence-corrected chi connectivity index (χ1v) is 16.5. The van der Waals surface area contributed by atoms with Crippen molar-refractivity contribution in [1.29, 1.82) is 0 Å². The Morgan fingerprint density at radius 2 is 1.02 bits per heavy atom.